The lowest BCUT2D eigenvalue weighted by atomic mass is 9.65. The van der Waals surface area contributed by atoms with Crippen LogP contribution in [0.3, 0.4) is 0 Å². The summed E-state index contributed by atoms with van der Waals surface area (Å²) in [5.74, 6) is -0.935. The highest BCUT2D eigenvalue weighted by molar-refractivity contribution is 5.88. The van der Waals surface area contributed by atoms with Crippen LogP contribution in [0, 0.1) is 35.0 Å². The van der Waals surface area contributed by atoms with Gasteiger partial charge >= 0.3 is 0 Å². The van der Waals surface area contributed by atoms with Crippen molar-refractivity contribution in [1.82, 2.24) is 0 Å². The minimum Gasteiger partial charge on any atom is -0.392 e. The van der Waals surface area contributed by atoms with Crippen LogP contribution in [0.4, 0.5) is 0 Å². The fraction of sp³-hybridized carbons (Fsp3) is 0.946. The van der Waals surface area contributed by atoms with Crippen LogP contribution in [0.15, 0.2) is 5.16 Å². The molecule has 0 spiro atoms. The standard InChI is InChI=1S/C37H69NO9/c1-14-16-17-44-22-45-38-31-23(3)19-36(10,42-12)20-24(4)32(47-30-21-37(11,43-13)34(41)27(7)46-30)25(5)29(39)18-28(15-2)35(8,9)33(40)26(31)6/h23-28,30,32-34,40-41H,14-22H2,1-13H3/b38-31+/t23-,24-,25?,26+,27?,28+,30+,32+,33?,34+,36-,37-/m1/s1. The molecule has 1 aliphatic heterocycles. The number of aliphatic hydroxyl groups excluding tert-OH is 2. The van der Waals surface area contributed by atoms with Gasteiger partial charge in [0, 0.05) is 44.8 Å². The average molecular weight is 672 g/mol. The number of nitrogens with zero attached hydrogens (tertiary/aromatic N) is 1. The van der Waals surface area contributed by atoms with E-state index in [-0.39, 0.29) is 36.2 Å². The minimum atomic E-state index is -0.847. The van der Waals surface area contributed by atoms with E-state index < -0.39 is 53.2 Å². The molecular formula is C37H69NO9. The Hall–Kier alpha value is -1.14. The van der Waals surface area contributed by atoms with E-state index in [1.807, 2.05) is 41.5 Å². The first-order valence-corrected chi connectivity index (χ1v) is 18.0. The second-order valence-corrected chi connectivity index (χ2v) is 15.6. The molecule has 1 saturated carbocycles. The van der Waals surface area contributed by atoms with Crippen molar-refractivity contribution >= 4 is 11.5 Å². The Kier molecular flexibility index (Phi) is 16.3. The number of ether oxygens (including phenoxy) is 5. The smallest absolute Gasteiger partial charge is 0.216 e. The first-order valence-electron chi connectivity index (χ1n) is 18.0. The van der Waals surface area contributed by atoms with E-state index in [4.69, 9.17) is 28.5 Å². The third-order valence-electron chi connectivity index (χ3n) is 11.5. The van der Waals surface area contributed by atoms with Crippen LogP contribution in [0.25, 0.3) is 0 Å². The zero-order valence-corrected chi connectivity index (χ0v) is 31.8. The highest BCUT2D eigenvalue weighted by atomic mass is 16.7. The van der Waals surface area contributed by atoms with E-state index in [2.05, 4.69) is 39.8 Å². The second-order valence-electron chi connectivity index (χ2n) is 15.6. The van der Waals surface area contributed by atoms with Gasteiger partial charge in [-0.3, -0.25) is 4.79 Å². The molecule has 276 valence electrons. The Labute approximate surface area is 285 Å². The number of hydrogen-bond donors (Lipinski definition) is 2. The summed E-state index contributed by atoms with van der Waals surface area (Å²) < 4.78 is 30.5. The van der Waals surface area contributed by atoms with Gasteiger partial charge in [-0.1, -0.05) is 73.4 Å². The predicted molar refractivity (Wildman–Crippen MR) is 184 cm³/mol. The summed E-state index contributed by atoms with van der Waals surface area (Å²) in [6.45, 7) is 22.9. The number of ketones is 1. The lowest BCUT2D eigenvalue weighted by molar-refractivity contribution is -0.295. The number of Topliss-reactive ketones (excluding diaryl/α,β-unsaturated/α-hetero) is 1. The largest absolute Gasteiger partial charge is 0.392 e. The van der Waals surface area contributed by atoms with Crippen LogP contribution >= 0.6 is 0 Å². The molecular weight excluding hydrogens is 602 g/mol. The summed E-state index contributed by atoms with van der Waals surface area (Å²) in [5, 5.41) is 27.3. The maximum Gasteiger partial charge on any atom is 0.216 e. The number of unbranched alkanes of at least 4 members (excludes halogenated alkanes) is 1. The lowest BCUT2D eigenvalue weighted by Crippen LogP contribution is -2.57. The highest BCUT2D eigenvalue weighted by Gasteiger charge is 2.48. The van der Waals surface area contributed by atoms with Crippen molar-refractivity contribution in [2.75, 3.05) is 27.6 Å². The fourth-order valence-electron chi connectivity index (χ4n) is 7.97. The van der Waals surface area contributed by atoms with Crippen LogP contribution in [0.5, 0.6) is 0 Å². The molecule has 47 heavy (non-hydrogen) atoms. The SMILES string of the molecule is CCCCOCO/N=C1\[C@H](C)C[C@@](C)(OC)C[C@@H](C)[C@H](O[C@H]2C[C@@](C)(OC)[C@@H](O)C(C)O2)C(C)C(=O)C[C@H](CC)C(C)(C)C(O)[C@H]1C. The van der Waals surface area contributed by atoms with Crippen molar-refractivity contribution in [2.24, 2.45) is 40.2 Å². The Morgan fingerprint density at radius 1 is 0.915 bits per heavy atom. The van der Waals surface area contributed by atoms with Crippen molar-refractivity contribution in [3.8, 4) is 0 Å². The van der Waals surface area contributed by atoms with Gasteiger partial charge in [0.2, 0.25) is 6.79 Å². The predicted octanol–water partition coefficient (Wildman–Crippen LogP) is 6.54. The van der Waals surface area contributed by atoms with Crippen LogP contribution < -0.4 is 0 Å². The van der Waals surface area contributed by atoms with Gasteiger partial charge in [-0.15, -0.1) is 0 Å². The second kappa shape index (κ2) is 18.2. The Balaban J connectivity index is 2.54. The summed E-state index contributed by atoms with van der Waals surface area (Å²) in [5.41, 5.74) is -1.30. The van der Waals surface area contributed by atoms with Crippen molar-refractivity contribution in [2.45, 2.75) is 163 Å². The van der Waals surface area contributed by atoms with Gasteiger partial charge in [-0.05, 0) is 57.3 Å². The summed E-state index contributed by atoms with van der Waals surface area (Å²) in [7, 11) is 3.30. The van der Waals surface area contributed by atoms with Gasteiger partial charge in [0.25, 0.3) is 0 Å². The summed E-state index contributed by atoms with van der Waals surface area (Å²) in [4.78, 5) is 19.9. The maximum atomic E-state index is 14.2. The van der Waals surface area contributed by atoms with Crippen molar-refractivity contribution in [1.29, 1.82) is 0 Å². The molecule has 12 atom stereocenters. The minimum absolute atomic E-state index is 0.0466. The summed E-state index contributed by atoms with van der Waals surface area (Å²) >= 11 is 0. The Morgan fingerprint density at radius 2 is 1.57 bits per heavy atom. The molecule has 1 heterocycles. The fourth-order valence-corrected chi connectivity index (χ4v) is 7.97. The van der Waals surface area contributed by atoms with E-state index in [0.29, 0.717) is 32.3 Å². The molecule has 0 aromatic carbocycles. The van der Waals surface area contributed by atoms with Gasteiger partial charge in [0.15, 0.2) is 6.29 Å². The Bertz CT molecular complexity index is 991. The van der Waals surface area contributed by atoms with Crippen LogP contribution in [-0.2, 0) is 33.3 Å². The third kappa shape index (κ3) is 10.7. The van der Waals surface area contributed by atoms with Crippen molar-refractivity contribution in [3.05, 3.63) is 0 Å². The van der Waals surface area contributed by atoms with E-state index in [0.717, 1.165) is 25.0 Å². The van der Waals surface area contributed by atoms with Crippen LogP contribution in [0.1, 0.15) is 121 Å². The number of aliphatic hydroxyl groups is 2. The van der Waals surface area contributed by atoms with Crippen LogP contribution in [-0.4, -0.2) is 91.2 Å². The molecule has 2 N–H and O–H groups in total. The van der Waals surface area contributed by atoms with Crippen LogP contribution in [0.2, 0.25) is 0 Å². The first-order chi connectivity index (χ1) is 21.9. The molecule has 3 unspecified atom stereocenters. The van der Waals surface area contributed by atoms with Crippen molar-refractivity contribution < 1.29 is 43.5 Å². The van der Waals surface area contributed by atoms with Gasteiger partial charge < -0.3 is 38.7 Å². The molecule has 0 bridgehead atoms. The quantitative estimate of drug-likeness (QED) is 0.143. The molecule has 2 rings (SSSR count). The lowest BCUT2D eigenvalue weighted by Gasteiger charge is -2.46. The third-order valence-corrected chi connectivity index (χ3v) is 11.5. The zero-order valence-electron chi connectivity index (χ0n) is 31.8. The molecule has 0 radical (unpaired) electrons. The number of rotatable bonds is 11. The van der Waals surface area contributed by atoms with Gasteiger partial charge in [-0.25, -0.2) is 0 Å². The molecule has 1 aliphatic carbocycles. The number of methoxy groups -OCH3 is 2. The van der Waals surface area contributed by atoms with Gasteiger partial charge in [0.1, 0.15) is 11.9 Å². The summed E-state index contributed by atoms with van der Waals surface area (Å²) in [6.07, 6.45) is 1.33. The van der Waals surface area contributed by atoms with E-state index in [1.165, 1.54) is 0 Å². The van der Waals surface area contributed by atoms with E-state index in [1.54, 1.807) is 14.2 Å². The number of hydrogen-bond acceptors (Lipinski definition) is 10. The normalized spacial score (nSPS) is 41.9. The molecule has 10 nitrogen and oxygen atoms in total. The molecule has 0 amide bonds. The van der Waals surface area contributed by atoms with Gasteiger partial charge in [0.05, 0.1) is 41.8 Å². The topological polar surface area (TPSA) is 125 Å². The van der Waals surface area contributed by atoms with Crippen molar-refractivity contribution in [3.63, 3.8) is 0 Å². The molecule has 0 aromatic heterocycles. The highest BCUT2D eigenvalue weighted by Crippen LogP contribution is 2.43. The summed E-state index contributed by atoms with van der Waals surface area (Å²) in [6, 6.07) is 0. The molecule has 10 heteroatoms. The Morgan fingerprint density at radius 3 is 2.15 bits per heavy atom. The molecule has 2 aliphatic rings. The van der Waals surface area contributed by atoms with Gasteiger partial charge in [-0.2, -0.15) is 0 Å². The number of oxime groups is 1. The average Bonchev–Trinajstić information content (AvgIpc) is 3.02. The molecule has 0 aromatic rings. The number of carbonyl (C=O) groups is 1. The maximum absolute atomic E-state index is 14.2. The zero-order chi connectivity index (χ0) is 35.7. The molecule has 1 saturated heterocycles. The molecule has 2 fully saturated rings. The van der Waals surface area contributed by atoms with E-state index in [9.17, 15) is 15.0 Å². The first kappa shape index (κ1) is 42.0. The van der Waals surface area contributed by atoms with E-state index >= 15 is 0 Å². The monoisotopic (exact) mass is 671 g/mol. The number of carbonyl (C=O) groups excluding carboxylic acids is 1.